The Hall–Kier alpha value is -2.36. The first-order valence-electron chi connectivity index (χ1n) is 6.56. The molecule has 20 heavy (non-hydrogen) atoms. The molecule has 0 aliphatic heterocycles. The molecule has 4 nitrogen and oxygen atoms in total. The van der Waals surface area contributed by atoms with Crippen LogP contribution in [0.25, 0.3) is 0 Å². The minimum atomic E-state index is 0.271. The van der Waals surface area contributed by atoms with Crippen LogP contribution in [-0.2, 0) is 0 Å². The Labute approximate surface area is 119 Å². The maximum Gasteiger partial charge on any atom is 0.135 e. The Morgan fingerprint density at radius 1 is 1.20 bits per heavy atom. The number of benzene rings is 1. The van der Waals surface area contributed by atoms with Crippen LogP contribution in [0.3, 0.4) is 0 Å². The SMILES string of the molecule is COc1ccc(C(=N)c2cccnc2NC(C)C)cc1. The van der Waals surface area contributed by atoms with Crippen molar-refractivity contribution in [1.29, 1.82) is 5.41 Å². The first-order chi connectivity index (χ1) is 9.61. The Balaban J connectivity index is 2.32. The molecule has 0 saturated heterocycles. The van der Waals surface area contributed by atoms with E-state index in [-0.39, 0.29) is 6.04 Å². The van der Waals surface area contributed by atoms with E-state index < -0.39 is 0 Å². The highest BCUT2D eigenvalue weighted by atomic mass is 16.5. The van der Waals surface area contributed by atoms with Crippen LogP contribution in [0.1, 0.15) is 25.0 Å². The zero-order chi connectivity index (χ0) is 14.5. The second-order valence-electron chi connectivity index (χ2n) is 4.80. The average Bonchev–Trinajstić information content (AvgIpc) is 2.46. The van der Waals surface area contributed by atoms with Gasteiger partial charge in [-0.25, -0.2) is 4.98 Å². The van der Waals surface area contributed by atoms with Gasteiger partial charge in [-0.3, -0.25) is 5.41 Å². The number of anilines is 1. The lowest BCUT2D eigenvalue weighted by atomic mass is 10.0. The predicted molar refractivity (Wildman–Crippen MR) is 81.9 cm³/mol. The fourth-order valence-electron chi connectivity index (χ4n) is 1.91. The van der Waals surface area contributed by atoms with Crippen LogP contribution in [-0.4, -0.2) is 23.8 Å². The van der Waals surface area contributed by atoms with Gasteiger partial charge in [0, 0.05) is 23.4 Å². The fraction of sp³-hybridized carbons (Fsp3) is 0.250. The molecule has 0 bridgehead atoms. The lowest BCUT2D eigenvalue weighted by Gasteiger charge is -2.14. The van der Waals surface area contributed by atoms with Crippen molar-refractivity contribution in [2.75, 3.05) is 12.4 Å². The molecule has 1 aromatic carbocycles. The molecule has 2 aromatic rings. The van der Waals surface area contributed by atoms with E-state index >= 15 is 0 Å². The molecule has 0 fully saturated rings. The number of hydrogen-bond donors (Lipinski definition) is 2. The van der Waals surface area contributed by atoms with Gasteiger partial charge in [0.05, 0.1) is 12.8 Å². The normalized spacial score (nSPS) is 10.4. The molecule has 2 rings (SSSR count). The number of aromatic nitrogens is 1. The maximum atomic E-state index is 8.36. The topological polar surface area (TPSA) is 58.0 Å². The summed E-state index contributed by atoms with van der Waals surface area (Å²) in [5, 5.41) is 11.6. The molecule has 4 heteroatoms. The summed E-state index contributed by atoms with van der Waals surface area (Å²) in [5.41, 5.74) is 2.08. The molecule has 0 atom stereocenters. The van der Waals surface area contributed by atoms with Crippen LogP contribution in [0.5, 0.6) is 5.75 Å². The number of methoxy groups -OCH3 is 1. The number of rotatable bonds is 5. The molecule has 2 N–H and O–H groups in total. The maximum absolute atomic E-state index is 8.36. The van der Waals surface area contributed by atoms with Crippen molar-refractivity contribution >= 4 is 11.5 Å². The molecule has 0 spiro atoms. The molecule has 0 aliphatic rings. The lowest BCUT2D eigenvalue weighted by molar-refractivity contribution is 0.415. The first-order valence-corrected chi connectivity index (χ1v) is 6.56. The summed E-state index contributed by atoms with van der Waals surface area (Å²) in [6, 6.07) is 11.5. The van der Waals surface area contributed by atoms with E-state index in [1.54, 1.807) is 13.3 Å². The second kappa shape index (κ2) is 6.19. The predicted octanol–water partition coefficient (Wildman–Crippen LogP) is 3.33. The molecule has 0 unspecified atom stereocenters. The Kier molecular flexibility index (Phi) is 4.35. The van der Waals surface area contributed by atoms with Crippen molar-refractivity contribution < 1.29 is 4.74 Å². The van der Waals surface area contributed by atoms with Crippen LogP contribution in [0.2, 0.25) is 0 Å². The monoisotopic (exact) mass is 269 g/mol. The summed E-state index contributed by atoms with van der Waals surface area (Å²) in [6.45, 7) is 4.10. The van der Waals surface area contributed by atoms with Gasteiger partial charge in [0.2, 0.25) is 0 Å². The first kappa shape index (κ1) is 14.1. The van der Waals surface area contributed by atoms with E-state index in [2.05, 4.69) is 24.1 Å². The van der Waals surface area contributed by atoms with Crippen molar-refractivity contribution in [3.8, 4) is 5.75 Å². The van der Waals surface area contributed by atoms with Gasteiger partial charge >= 0.3 is 0 Å². The Morgan fingerprint density at radius 2 is 1.90 bits per heavy atom. The molecule has 0 radical (unpaired) electrons. The summed E-state index contributed by atoms with van der Waals surface area (Å²) in [7, 11) is 1.63. The third-order valence-corrected chi connectivity index (χ3v) is 2.88. The van der Waals surface area contributed by atoms with E-state index in [4.69, 9.17) is 10.1 Å². The number of pyridine rings is 1. The molecule has 1 aromatic heterocycles. The van der Waals surface area contributed by atoms with Crippen molar-refractivity contribution in [2.24, 2.45) is 0 Å². The van der Waals surface area contributed by atoms with Gasteiger partial charge in [0.15, 0.2) is 0 Å². The van der Waals surface area contributed by atoms with Crippen LogP contribution >= 0.6 is 0 Å². The zero-order valence-corrected chi connectivity index (χ0v) is 12.0. The van der Waals surface area contributed by atoms with Gasteiger partial charge in [-0.1, -0.05) is 0 Å². The molecule has 0 saturated carbocycles. The number of ether oxygens (including phenoxy) is 1. The summed E-state index contributed by atoms with van der Waals surface area (Å²) < 4.78 is 5.14. The number of hydrogen-bond acceptors (Lipinski definition) is 4. The van der Waals surface area contributed by atoms with Crippen LogP contribution in [0.15, 0.2) is 42.6 Å². The third kappa shape index (κ3) is 3.15. The van der Waals surface area contributed by atoms with E-state index in [1.165, 1.54) is 0 Å². The van der Waals surface area contributed by atoms with Crippen molar-refractivity contribution in [3.05, 3.63) is 53.7 Å². The molecule has 0 aliphatic carbocycles. The van der Waals surface area contributed by atoms with Crippen molar-refractivity contribution in [2.45, 2.75) is 19.9 Å². The molecule has 1 heterocycles. The lowest BCUT2D eigenvalue weighted by Crippen LogP contribution is -2.15. The van der Waals surface area contributed by atoms with Crippen LogP contribution in [0, 0.1) is 5.41 Å². The van der Waals surface area contributed by atoms with Gasteiger partial charge in [0.1, 0.15) is 11.6 Å². The van der Waals surface area contributed by atoms with E-state index in [9.17, 15) is 0 Å². The minimum absolute atomic E-state index is 0.271. The molecular formula is C16H19N3O. The number of nitrogens with one attached hydrogen (secondary N) is 2. The molecule has 104 valence electrons. The molecular weight excluding hydrogens is 250 g/mol. The fourth-order valence-corrected chi connectivity index (χ4v) is 1.91. The highest BCUT2D eigenvalue weighted by molar-refractivity contribution is 6.13. The van der Waals surface area contributed by atoms with Crippen molar-refractivity contribution in [1.82, 2.24) is 4.98 Å². The van der Waals surface area contributed by atoms with Gasteiger partial charge < -0.3 is 10.1 Å². The average molecular weight is 269 g/mol. The van der Waals surface area contributed by atoms with Crippen molar-refractivity contribution in [3.63, 3.8) is 0 Å². The van der Waals surface area contributed by atoms with Gasteiger partial charge in [0.25, 0.3) is 0 Å². The van der Waals surface area contributed by atoms with Crippen LogP contribution < -0.4 is 10.1 Å². The third-order valence-electron chi connectivity index (χ3n) is 2.88. The largest absolute Gasteiger partial charge is 0.497 e. The quantitative estimate of drug-likeness (QED) is 0.819. The summed E-state index contributed by atoms with van der Waals surface area (Å²) in [5.74, 6) is 1.52. The van der Waals surface area contributed by atoms with E-state index in [1.807, 2.05) is 36.4 Å². The molecule has 0 amide bonds. The summed E-state index contributed by atoms with van der Waals surface area (Å²) in [6.07, 6.45) is 1.73. The highest BCUT2D eigenvalue weighted by Gasteiger charge is 2.11. The Morgan fingerprint density at radius 3 is 2.50 bits per heavy atom. The van der Waals surface area contributed by atoms with Crippen LogP contribution in [0.4, 0.5) is 5.82 Å². The van der Waals surface area contributed by atoms with Gasteiger partial charge in [-0.2, -0.15) is 0 Å². The number of nitrogens with zero attached hydrogens (tertiary/aromatic N) is 1. The summed E-state index contributed by atoms with van der Waals surface area (Å²) in [4.78, 5) is 4.32. The smallest absolute Gasteiger partial charge is 0.135 e. The standard InChI is InChI=1S/C16H19N3O/c1-11(2)19-16-14(5-4-10-18-16)15(17)12-6-8-13(20-3)9-7-12/h4-11,17H,1-3H3,(H,18,19). The summed E-state index contributed by atoms with van der Waals surface area (Å²) >= 11 is 0. The zero-order valence-electron chi connectivity index (χ0n) is 12.0. The van der Waals surface area contributed by atoms with Gasteiger partial charge in [-0.15, -0.1) is 0 Å². The Bertz CT molecular complexity index is 591. The second-order valence-corrected chi connectivity index (χ2v) is 4.80. The highest BCUT2D eigenvalue weighted by Crippen LogP contribution is 2.19. The van der Waals surface area contributed by atoms with E-state index in [0.29, 0.717) is 5.71 Å². The van der Waals surface area contributed by atoms with E-state index in [0.717, 1.165) is 22.7 Å². The minimum Gasteiger partial charge on any atom is -0.497 e. The van der Waals surface area contributed by atoms with Gasteiger partial charge in [-0.05, 0) is 50.2 Å².